The molecule has 0 saturated carbocycles. The zero-order chi connectivity index (χ0) is 20.6. The molecule has 2 nitrogen and oxygen atoms in total. The SMILES string of the molecule is CCC[CH2][Sn]([CH2]/C=C/[C@@H](C)OCOCC[Si](C)(C)C)([CH2]CCC)[CH2]CCC. The van der Waals surface area contributed by atoms with E-state index in [1.165, 1.54) is 49.0 Å². The van der Waals surface area contributed by atoms with Crippen LogP contribution in [0.5, 0.6) is 0 Å². The molecule has 0 bridgehead atoms. The first-order valence-corrected chi connectivity index (χ1v) is 23.4. The van der Waals surface area contributed by atoms with Crippen molar-refractivity contribution in [2.45, 2.75) is 116 Å². The normalized spacial score (nSPS) is 14.2. The average molecular weight is 505 g/mol. The first-order chi connectivity index (χ1) is 12.8. The van der Waals surface area contributed by atoms with Crippen molar-refractivity contribution in [3.8, 4) is 0 Å². The zero-order valence-electron chi connectivity index (χ0n) is 19.7. The summed E-state index contributed by atoms with van der Waals surface area (Å²) in [6, 6.07) is 1.21. The monoisotopic (exact) mass is 506 g/mol. The van der Waals surface area contributed by atoms with Gasteiger partial charge in [0.15, 0.2) is 0 Å². The first-order valence-electron chi connectivity index (χ1n) is 11.6. The summed E-state index contributed by atoms with van der Waals surface area (Å²) in [7, 11) is -0.998. The van der Waals surface area contributed by atoms with Crippen molar-refractivity contribution in [1.82, 2.24) is 0 Å². The van der Waals surface area contributed by atoms with Crippen molar-refractivity contribution in [3.63, 3.8) is 0 Å². The van der Waals surface area contributed by atoms with Crippen molar-refractivity contribution in [1.29, 1.82) is 0 Å². The van der Waals surface area contributed by atoms with E-state index >= 15 is 0 Å². The second-order valence-electron chi connectivity index (χ2n) is 9.65. The molecule has 0 aromatic heterocycles. The standard InChI is InChI=1S/C11H23O2Si.3C4H9.Sn/c1-6-7-11(2)13-10-12-8-9-14(3,4)5;3*1-3-4-2;/h6-7,11H,1,8-10H2,2-5H3;3*1,3-4H2,2H3;/b7-6+;;;;/t11-;;;;/m1..../s1. The maximum absolute atomic E-state index is 5.84. The van der Waals surface area contributed by atoms with E-state index in [4.69, 9.17) is 9.47 Å². The Morgan fingerprint density at radius 2 is 1.41 bits per heavy atom. The van der Waals surface area contributed by atoms with Gasteiger partial charge in [-0.25, -0.2) is 0 Å². The molecule has 0 aliphatic heterocycles. The van der Waals surface area contributed by atoms with Crippen LogP contribution < -0.4 is 0 Å². The predicted molar refractivity (Wildman–Crippen MR) is 128 cm³/mol. The van der Waals surface area contributed by atoms with E-state index in [1.807, 2.05) is 0 Å². The molecular weight excluding hydrogens is 455 g/mol. The Balaban J connectivity index is 4.45. The molecule has 162 valence electrons. The van der Waals surface area contributed by atoms with Crippen LogP contribution in [0, 0.1) is 0 Å². The fraction of sp³-hybridized carbons (Fsp3) is 0.913. The summed E-state index contributed by atoms with van der Waals surface area (Å²) >= 11 is -2.01. The minimum absolute atomic E-state index is 0.171. The molecule has 27 heavy (non-hydrogen) atoms. The summed E-state index contributed by atoms with van der Waals surface area (Å²) in [4.78, 5) is 0. The second-order valence-corrected chi connectivity index (χ2v) is 29.3. The fourth-order valence-corrected chi connectivity index (χ4v) is 19.4. The molecule has 0 radical (unpaired) electrons. The summed E-state index contributed by atoms with van der Waals surface area (Å²) in [6.45, 7) is 17.6. The van der Waals surface area contributed by atoms with Crippen LogP contribution in [-0.4, -0.2) is 46.0 Å². The van der Waals surface area contributed by atoms with Gasteiger partial charge in [-0.05, 0) is 0 Å². The third-order valence-electron chi connectivity index (χ3n) is 5.55. The molecule has 0 rings (SSSR count). The number of allylic oxidation sites excluding steroid dienone is 1. The molecule has 0 N–H and O–H groups in total. The Morgan fingerprint density at radius 3 is 1.85 bits per heavy atom. The predicted octanol–water partition coefficient (Wildman–Crippen LogP) is 8.11. The topological polar surface area (TPSA) is 18.5 Å². The number of ether oxygens (including phenoxy) is 2. The minimum atomic E-state index is -2.01. The van der Waals surface area contributed by atoms with E-state index in [0.29, 0.717) is 6.79 Å². The molecule has 0 spiro atoms. The van der Waals surface area contributed by atoms with Crippen LogP contribution in [0.4, 0.5) is 0 Å². The quantitative estimate of drug-likeness (QED) is 0.0811. The van der Waals surface area contributed by atoms with Gasteiger partial charge in [-0.3, -0.25) is 0 Å². The van der Waals surface area contributed by atoms with Crippen LogP contribution in [0.1, 0.15) is 66.2 Å². The van der Waals surface area contributed by atoms with E-state index in [9.17, 15) is 0 Å². The van der Waals surface area contributed by atoms with Crippen LogP contribution in [0.25, 0.3) is 0 Å². The average Bonchev–Trinajstić information content (AvgIpc) is 2.61. The van der Waals surface area contributed by atoms with Crippen molar-refractivity contribution in [2.24, 2.45) is 0 Å². The molecule has 0 aromatic carbocycles. The van der Waals surface area contributed by atoms with Gasteiger partial charge in [-0.1, -0.05) is 0 Å². The van der Waals surface area contributed by atoms with Crippen LogP contribution in [0.3, 0.4) is 0 Å². The van der Waals surface area contributed by atoms with E-state index in [2.05, 4.69) is 59.5 Å². The van der Waals surface area contributed by atoms with Gasteiger partial charge in [0.1, 0.15) is 0 Å². The van der Waals surface area contributed by atoms with Crippen molar-refractivity contribution in [3.05, 3.63) is 12.2 Å². The third-order valence-corrected chi connectivity index (χ3v) is 22.5. The summed E-state index contributed by atoms with van der Waals surface area (Å²) in [5.74, 6) is 0. The summed E-state index contributed by atoms with van der Waals surface area (Å²) in [5, 5.41) is 0. The zero-order valence-corrected chi connectivity index (χ0v) is 23.6. The van der Waals surface area contributed by atoms with Gasteiger partial charge in [0.25, 0.3) is 0 Å². The van der Waals surface area contributed by atoms with Crippen LogP contribution >= 0.6 is 0 Å². The number of unbranched alkanes of at least 4 members (excludes halogenated alkanes) is 3. The van der Waals surface area contributed by atoms with Crippen LogP contribution in [0.15, 0.2) is 12.2 Å². The fourth-order valence-electron chi connectivity index (χ4n) is 3.49. The van der Waals surface area contributed by atoms with E-state index < -0.39 is 26.5 Å². The number of hydrogen-bond acceptors (Lipinski definition) is 2. The molecule has 0 saturated heterocycles. The molecule has 0 heterocycles. The Morgan fingerprint density at radius 1 is 0.889 bits per heavy atom. The molecule has 0 amide bonds. The van der Waals surface area contributed by atoms with Gasteiger partial charge >= 0.3 is 177 Å². The van der Waals surface area contributed by atoms with E-state index in [1.54, 1.807) is 13.3 Å². The van der Waals surface area contributed by atoms with Gasteiger partial charge in [-0.2, -0.15) is 0 Å². The Labute approximate surface area is 176 Å². The second kappa shape index (κ2) is 16.5. The summed E-state index contributed by atoms with van der Waals surface area (Å²) in [5.41, 5.74) is 0. The third kappa shape index (κ3) is 16.2. The van der Waals surface area contributed by atoms with Gasteiger partial charge < -0.3 is 0 Å². The molecule has 0 aliphatic rings. The van der Waals surface area contributed by atoms with Crippen molar-refractivity contribution in [2.75, 3.05) is 13.4 Å². The van der Waals surface area contributed by atoms with Crippen molar-refractivity contribution < 1.29 is 9.47 Å². The molecule has 0 unspecified atom stereocenters. The van der Waals surface area contributed by atoms with E-state index in [-0.39, 0.29) is 6.10 Å². The molecule has 1 atom stereocenters. The summed E-state index contributed by atoms with van der Waals surface area (Å²) < 4.78 is 17.7. The molecule has 0 aromatic rings. The van der Waals surface area contributed by atoms with Gasteiger partial charge in [0.05, 0.1) is 0 Å². The Bertz CT molecular complexity index is 344. The van der Waals surface area contributed by atoms with E-state index in [0.717, 1.165) is 6.61 Å². The Kier molecular flexibility index (Phi) is 16.9. The molecular formula is C23H50O2SiSn. The van der Waals surface area contributed by atoms with Crippen LogP contribution in [0.2, 0.25) is 43.4 Å². The van der Waals surface area contributed by atoms with Gasteiger partial charge in [-0.15, -0.1) is 0 Å². The molecule has 4 heteroatoms. The summed E-state index contributed by atoms with van der Waals surface area (Å²) in [6.07, 6.45) is 13.4. The molecule has 0 fully saturated rings. The maximum atomic E-state index is 5.84. The number of hydrogen-bond donors (Lipinski definition) is 0. The van der Waals surface area contributed by atoms with Crippen molar-refractivity contribution >= 4 is 26.5 Å². The first kappa shape index (κ1) is 27.7. The van der Waals surface area contributed by atoms with Gasteiger partial charge in [0, 0.05) is 0 Å². The van der Waals surface area contributed by atoms with Crippen LogP contribution in [-0.2, 0) is 9.47 Å². The Hall–Kier alpha value is 0.676. The van der Waals surface area contributed by atoms with Gasteiger partial charge in [0.2, 0.25) is 0 Å². The number of rotatable bonds is 18. The molecule has 0 aliphatic carbocycles.